The van der Waals surface area contributed by atoms with Gasteiger partial charge in [-0.05, 0) is 36.7 Å². The van der Waals surface area contributed by atoms with Crippen LogP contribution in [0.3, 0.4) is 0 Å². The van der Waals surface area contributed by atoms with Crippen molar-refractivity contribution < 1.29 is 35.9 Å². The number of carbonyl (C=O) groups excluding carboxylic acids is 1. The number of hydrogen-bond donors (Lipinski definition) is 2. The van der Waals surface area contributed by atoms with Gasteiger partial charge in [-0.3, -0.25) is 5.32 Å². The summed E-state index contributed by atoms with van der Waals surface area (Å²) in [4.78, 5) is 19.5. The van der Waals surface area contributed by atoms with Crippen LogP contribution in [-0.2, 0) is 10.9 Å². The first kappa shape index (κ1) is 21.1. The van der Waals surface area contributed by atoms with Crippen molar-refractivity contribution in [2.24, 2.45) is 0 Å². The average molecular weight is 444 g/mol. The zero-order valence-electron chi connectivity index (χ0n) is 15.6. The minimum atomic E-state index is -5.01. The number of nitrogens with zero attached hydrogens (tertiary/aromatic N) is 2. The van der Waals surface area contributed by atoms with Crippen molar-refractivity contribution in [3.05, 3.63) is 47.3 Å². The SMILES string of the molecule is O=C1Nc2nccc(-c3cc(C(F)(F)F)cc(C4=CCCNC4)n3)c2[C@H](C(F)(F)F)O1. The molecule has 2 aromatic rings. The smallest absolute Gasteiger partial charge is 0.430 e. The van der Waals surface area contributed by atoms with E-state index in [0.717, 1.165) is 18.3 Å². The number of nitrogens with one attached hydrogen (secondary N) is 2. The summed E-state index contributed by atoms with van der Waals surface area (Å²) < 4.78 is 85.8. The fourth-order valence-electron chi connectivity index (χ4n) is 3.42. The number of hydrogen-bond acceptors (Lipinski definition) is 5. The topological polar surface area (TPSA) is 76.1 Å². The Hall–Kier alpha value is -3.15. The van der Waals surface area contributed by atoms with E-state index in [0.29, 0.717) is 24.6 Å². The molecule has 2 aliphatic heterocycles. The maximum absolute atomic E-state index is 13.6. The average Bonchev–Trinajstić information content (AvgIpc) is 2.71. The minimum Gasteiger partial charge on any atom is -0.431 e. The lowest BCUT2D eigenvalue weighted by Gasteiger charge is -2.29. The van der Waals surface area contributed by atoms with Crippen molar-refractivity contribution in [3.63, 3.8) is 0 Å². The Morgan fingerprint density at radius 2 is 1.84 bits per heavy atom. The van der Waals surface area contributed by atoms with E-state index in [-0.39, 0.29) is 23.5 Å². The van der Waals surface area contributed by atoms with Gasteiger partial charge in [-0.2, -0.15) is 26.3 Å². The van der Waals surface area contributed by atoms with Crippen molar-refractivity contribution >= 4 is 17.5 Å². The molecule has 2 aliphatic rings. The zero-order valence-corrected chi connectivity index (χ0v) is 15.6. The molecule has 0 bridgehead atoms. The highest BCUT2D eigenvalue weighted by Gasteiger charge is 2.49. The largest absolute Gasteiger partial charge is 0.431 e. The summed E-state index contributed by atoms with van der Waals surface area (Å²) in [5, 5.41) is 5.07. The van der Waals surface area contributed by atoms with Crippen LogP contribution in [0.4, 0.5) is 37.0 Å². The summed E-state index contributed by atoms with van der Waals surface area (Å²) in [7, 11) is 0. The normalized spacial score (nSPS) is 19.2. The van der Waals surface area contributed by atoms with E-state index in [9.17, 15) is 31.1 Å². The molecule has 1 amide bonds. The first-order valence-corrected chi connectivity index (χ1v) is 9.07. The molecule has 0 unspecified atom stereocenters. The zero-order chi connectivity index (χ0) is 22.4. The summed E-state index contributed by atoms with van der Waals surface area (Å²) in [5.41, 5.74) is -1.80. The second kappa shape index (κ2) is 7.52. The van der Waals surface area contributed by atoms with Crippen LogP contribution in [0.2, 0.25) is 0 Å². The number of carbonyl (C=O) groups is 1. The van der Waals surface area contributed by atoms with Crippen LogP contribution in [0.5, 0.6) is 0 Å². The van der Waals surface area contributed by atoms with Crippen molar-refractivity contribution in [3.8, 4) is 11.3 Å². The lowest BCUT2D eigenvalue weighted by Crippen LogP contribution is -2.34. The Kier molecular flexibility index (Phi) is 5.12. The van der Waals surface area contributed by atoms with E-state index >= 15 is 0 Å². The summed E-state index contributed by atoms with van der Waals surface area (Å²) >= 11 is 0. The van der Waals surface area contributed by atoms with Gasteiger partial charge in [0.1, 0.15) is 5.82 Å². The molecule has 0 aliphatic carbocycles. The third-order valence-corrected chi connectivity index (χ3v) is 4.78. The van der Waals surface area contributed by atoms with Gasteiger partial charge in [0.25, 0.3) is 0 Å². The Bertz CT molecular complexity index is 1060. The molecule has 1 atom stereocenters. The van der Waals surface area contributed by atoms with Crippen LogP contribution < -0.4 is 10.6 Å². The highest BCUT2D eigenvalue weighted by molar-refractivity contribution is 5.89. The molecule has 2 aromatic heterocycles. The van der Waals surface area contributed by atoms with Gasteiger partial charge >= 0.3 is 18.4 Å². The van der Waals surface area contributed by atoms with E-state index in [1.165, 1.54) is 0 Å². The summed E-state index contributed by atoms with van der Waals surface area (Å²) in [6.45, 7) is 0.921. The van der Waals surface area contributed by atoms with Gasteiger partial charge in [-0.1, -0.05) is 6.08 Å². The number of alkyl halides is 6. The maximum Gasteiger partial charge on any atom is 0.430 e. The molecule has 0 saturated carbocycles. The number of aromatic nitrogens is 2. The van der Waals surface area contributed by atoms with Crippen LogP contribution in [-0.4, -0.2) is 35.3 Å². The fourth-order valence-corrected chi connectivity index (χ4v) is 3.42. The van der Waals surface area contributed by atoms with Crippen LogP contribution in [0.25, 0.3) is 16.8 Å². The molecule has 0 aromatic carbocycles. The molecular weight excluding hydrogens is 430 g/mol. The van der Waals surface area contributed by atoms with Crippen LogP contribution in [0.15, 0.2) is 30.5 Å². The fraction of sp³-hybridized carbons (Fsp3) is 0.316. The third kappa shape index (κ3) is 4.20. The Balaban J connectivity index is 1.94. The predicted molar refractivity (Wildman–Crippen MR) is 96.8 cm³/mol. The van der Waals surface area contributed by atoms with Gasteiger partial charge in [0, 0.05) is 18.3 Å². The number of halogens is 6. The lowest BCUT2D eigenvalue weighted by atomic mass is 9.97. The number of pyridine rings is 2. The van der Waals surface area contributed by atoms with Crippen molar-refractivity contribution in [1.29, 1.82) is 0 Å². The lowest BCUT2D eigenvalue weighted by molar-refractivity contribution is -0.206. The summed E-state index contributed by atoms with van der Waals surface area (Å²) in [6.07, 6.45) is -10.4. The van der Waals surface area contributed by atoms with Gasteiger partial charge in [0.2, 0.25) is 6.10 Å². The first-order chi connectivity index (χ1) is 14.5. The van der Waals surface area contributed by atoms with Crippen molar-refractivity contribution in [1.82, 2.24) is 15.3 Å². The number of cyclic esters (lactones) is 1. The van der Waals surface area contributed by atoms with Gasteiger partial charge < -0.3 is 10.1 Å². The van der Waals surface area contributed by atoms with Crippen molar-refractivity contribution in [2.45, 2.75) is 24.9 Å². The molecule has 0 spiro atoms. The number of rotatable bonds is 2. The molecule has 12 heteroatoms. The first-order valence-electron chi connectivity index (χ1n) is 9.07. The second-order valence-corrected chi connectivity index (χ2v) is 6.89. The molecule has 4 heterocycles. The van der Waals surface area contributed by atoms with E-state index < -0.39 is 41.5 Å². The Morgan fingerprint density at radius 3 is 2.48 bits per heavy atom. The Labute approximate surface area is 171 Å². The van der Waals surface area contributed by atoms with E-state index in [4.69, 9.17) is 0 Å². The molecule has 0 fully saturated rings. The van der Waals surface area contributed by atoms with E-state index in [1.54, 1.807) is 6.08 Å². The molecular formula is C19H14F6N4O2. The molecule has 2 N–H and O–H groups in total. The highest BCUT2D eigenvalue weighted by atomic mass is 19.4. The van der Waals surface area contributed by atoms with Crippen molar-refractivity contribution in [2.75, 3.05) is 18.4 Å². The number of ether oxygens (including phenoxy) is 1. The van der Waals surface area contributed by atoms with Crippen LogP contribution in [0.1, 0.15) is 29.3 Å². The summed E-state index contributed by atoms with van der Waals surface area (Å²) in [5.74, 6) is -0.449. The van der Waals surface area contributed by atoms with Gasteiger partial charge in [0.15, 0.2) is 0 Å². The molecule has 4 rings (SSSR count). The quantitative estimate of drug-likeness (QED) is 0.657. The minimum absolute atomic E-state index is 0.00749. The van der Waals surface area contributed by atoms with E-state index in [1.807, 2.05) is 0 Å². The van der Waals surface area contributed by atoms with Crippen LogP contribution in [0, 0.1) is 0 Å². The second-order valence-electron chi connectivity index (χ2n) is 6.89. The Morgan fingerprint density at radius 1 is 1.10 bits per heavy atom. The van der Waals surface area contributed by atoms with E-state index in [2.05, 4.69) is 25.3 Å². The number of fused-ring (bicyclic) bond motifs is 1. The van der Waals surface area contributed by atoms with Gasteiger partial charge in [-0.25, -0.2) is 14.8 Å². The highest BCUT2D eigenvalue weighted by Crippen LogP contribution is 2.46. The molecule has 6 nitrogen and oxygen atoms in total. The monoisotopic (exact) mass is 444 g/mol. The molecule has 31 heavy (non-hydrogen) atoms. The molecule has 164 valence electrons. The van der Waals surface area contributed by atoms with Crippen LogP contribution >= 0.6 is 0 Å². The molecule has 0 radical (unpaired) electrons. The molecule has 0 saturated heterocycles. The van der Waals surface area contributed by atoms with Gasteiger partial charge in [-0.15, -0.1) is 0 Å². The standard InChI is InChI=1S/C19H14F6N4O2/c20-18(21,22)10-6-12(9-2-1-4-26-8-9)28-13(7-10)11-3-5-27-16-14(11)15(19(23,24)25)31-17(30)29-16/h2-3,5-7,15,26H,1,4,8H2,(H,27,29,30)/t15-/m1/s1. The predicted octanol–water partition coefficient (Wildman–Crippen LogP) is 4.70. The van der Waals surface area contributed by atoms with Gasteiger partial charge in [0.05, 0.1) is 22.5 Å². The number of amides is 1. The third-order valence-electron chi connectivity index (χ3n) is 4.78. The summed E-state index contributed by atoms with van der Waals surface area (Å²) in [6, 6.07) is 2.63. The maximum atomic E-state index is 13.6. The number of anilines is 1.